The quantitative estimate of drug-likeness (QED) is 0.622. The Morgan fingerprint density at radius 2 is 2.31 bits per heavy atom. The highest BCUT2D eigenvalue weighted by Gasteiger charge is 2.25. The van der Waals surface area contributed by atoms with Crippen LogP contribution >= 0.6 is 0 Å². The van der Waals surface area contributed by atoms with Crippen LogP contribution in [0.2, 0.25) is 0 Å². The molecule has 4 N–H and O–H groups in total. The molecule has 72 valence electrons. The fraction of sp³-hybridized carbons (Fsp3) is 0.375. The zero-order valence-corrected chi connectivity index (χ0v) is 7.15. The highest BCUT2D eigenvalue weighted by atomic mass is 16.4. The van der Waals surface area contributed by atoms with Crippen molar-refractivity contribution in [3.05, 3.63) is 23.7 Å². The molecular weight excluding hydrogens is 174 g/mol. The lowest BCUT2D eigenvalue weighted by Crippen LogP contribution is -2.36. The highest BCUT2D eigenvalue weighted by molar-refractivity contribution is 5.84. The fourth-order valence-electron chi connectivity index (χ4n) is 0.838. The number of aliphatic hydroxyl groups is 1. The van der Waals surface area contributed by atoms with Gasteiger partial charge >= 0.3 is 5.97 Å². The minimum atomic E-state index is -1.15. The number of hydrogen-bond acceptors (Lipinski definition) is 4. The number of carbonyl (C=O) groups is 1. The number of aromatic carboxylic acids is 1. The van der Waals surface area contributed by atoms with Gasteiger partial charge in [-0.25, -0.2) is 4.79 Å². The van der Waals surface area contributed by atoms with Gasteiger partial charge in [-0.2, -0.15) is 0 Å². The first-order chi connectivity index (χ1) is 5.97. The van der Waals surface area contributed by atoms with Crippen molar-refractivity contribution in [2.24, 2.45) is 5.73 Å². The van der Waals surface area contributed by atoms with E-state index >= 15 is 0 Å². The van der Waals surface area contributed by atoms with Gasteiger partial charge in [-0.3, -0.25) is 0 Å². The van der Waals surface area contributed by atoms with Gasteiger partial charge in [0.2, 0.25) is 5.76 Å². The van der Waals surface area contributed by atoms with E-state index in [-0.39, 0.29) is 18.1 Å². The molecule has 1 rings (SSSR count). The van der Waals surface area contributed by atoms with Gasteiger partial charge in [0.1, 0.15) is 5.76 Å². The van der Waals surface area contributed by atoms with Crippen LogP contribution in [0.3, 0.4) is 0 Å². The number of rotatable bonds is 3. The third-order valence-electron chi connectivity index (χ3n) is 1.71. The molecule has 0 amide bonds. The highest BCUT2D eigenvalue weighted by Crippen LogP contribution is 2.19. The van der Waals surface area contributed by atoms with E-state index in [1.165, 1.54) is 12.1 Å². The van der Waals surface area contributed by atoms with Crippen LogP contribution in [0.4, 0.5) is 0 Å². The number of hydrogen-bond donors (Lipinski definition) is 3. The number of carboxylic acids is 1. The number of aliphatic hydroxyl groups excluding tert-OH is 1. The van der Waals surface area contributed by atoms with Gasteiger partial charge in [0.05, 0.1) is 12.1 Å². The summed E-state index contributed by atoms with van der Waals surface area (Å²) < 4.78 is 4.92. The minimum Gasteiger partial charge on any atom is -0.475 e. The molecule has 0 saturated carbocycles. The fourth-order valence-corrected chi connectivity index (χ4v) is 0.838. The summed E-state index contributed by atoms with van der Waals surface area (Å²) in [7, 11) is 0. The monoisotopic (exact) mass is 185 g/mol. The first-order valence-corrected chi connectivity index (χ1v) is 3.71. The van der Waals surface area contributed by atoms with Crippen LogP contribution in [-0.4, -0.2) is 22.8 Å². The van der Waals surface area contributed by atoms with Gasteiger partial charge in [0.25, 0.3) is 0 Å². The third kappa shape index (κ3) is 1.88. The molecule has 0 aliphatic carbocycles. The molecule has 1 atom stereocenters. The summed E-state index contributed by atoms with van der Waals surface area (Å²) in [5.74, 6) is -1.08. The van der Waals surface area contributed by atoms with Crippen molar-refractivity contribution in [1.82, 2.24) is 0 Å². The van der Waals surface area contributed by atoms with Crippen molar-refractivity contribution in [2.75, 3.05) is 6.61 Å². The molecule has 5 nitrogen and oxygen atoms in total. The van der Waals surface area contributed by atoms with Gasteiger partial charge in [-0.15, -0.1) is 0 Å². The average molecular weight is 185 g/mol. The second kappa shape index (κ2) is 3.20. The van der Waals surface area contributed by atoms with Crippen molar-refractivity contribution in [2.45, 2.75) is 12.5 Å². The Bertz CT molecular complexity index is 316. The van der Waals surface area contributed by atoms with Crippen LogP contribution in [-0.2, 0) is 5.54 Å². The predicted molar refractivity (Wildman–Crippen MR) is 44.3 cm³/mol. The van der Waals surface area contributed by atoms with Crippen LogP contribution in [0.1, 0.15) is 23.2 Å². The maximum Gasteiger partial charge on any atom is 0.371 e. The largest absolute Gasteiger partial charge is 0.475 e. The van der Waals surface area contributed by atoms with Crippen molar-refractivity contribution in [3.63, 3.8) is 0 Å². The van der Waals surface area contributed by atoms with Gasteiger partial charge in [-0.1, -0.05) is 0 Å². The van der Waals surface area contributed by atoms with E-state index in [0.717, 1.165) is 0 Å². The van der Waals surface area contributed by atoms with Crippen LogP contribution in [0.5, 0.6) is 0 Å². The first-order valence-electron chi connectivity index (χ1n) is 3.71. The van der Waals surface area contributed by atoms with Gasteiger partial charge in [0.15, 0.2) is 0 Å². The first kappa shape index (κ1) is 9.76. The maximum atomic E-state index is 10.4. The Morgan fingerprint density at radius 1 is 1.69 bits per heavy atom. The lowest BCUT2D eigenvalue weighted by atomic mass is 10.0. The number of furan rings is 1. The minimum absolute atomic E-state index is 0.180. The van der Waals surface area contributed by atoms with E-state index < -0.39 is 11.5 Å². The molecule has 0 spiro atoms. The van der Waals surface area contributed by atoms with E-state index in [1.54, 1.807) is 6.92 Å². The maximum absolute atomic E-state index is 10.4. The number of carboxylic acid groups (broad SMARTS) is 1. The Hall–Kier alpha value is -1.33. The average Bonchev–Trinajstić information content (AvgIpc) is 2.52. The third-order valence-corrected chi connectivity index (χ3v) is 1.71. The molecular formula is C8H11NO4. The van der Waals surface area contributed by atoms with Gasteiger partial charge in [-0.05, 0) is 19.1 Å². The number of nitrogens with two attached hydrogens (primary N) is 1. The lowest BCUT2D eigenvalue weighted by Gasteiger charge is -2.17. The summed E-state index contributed by atoms with van der Waals surface area (Å²) in [5, 5.41) is 17.4. The van der Waals surface area contributed by atoms with Crippen LogP contribution in [0.25, 0.3) is 0 Å². The van der Waals surface area contributed by atoms with Crippen molar-refractivity contribution in [1.29, 1.82) is 0 Å². The van der Waals surface area contributed by atoms with Crippen molar-refractivity contribution in [3.8, 4) is 0 Å². The molecule has 0 aliphatic heterocycles. The van der Waals surface area contributed by atoms with E-state index in [9.17, 15) is 4.79 Å². The van der Waals surface area contributed by atoms with E-state index in [4.69, 9.17) is 20.4 Å². The predicted octanol–water partition coefficient (Wildman–Crippen LogP) is 0.144. The van der Waals surface area contributed by atoms with Crippen molar-refractivity contribution >= 4 is 5.97 Å². The normalized spacial score (nSPS) is 15.3. The lowest BCUT2D eigenvalue weighted by molar-refractivity contribution is 0.0655. The molecule has 1 aromatic heterocycles. The molecule has 1 heterocycles. The molecule has 0 aliphatic rings. The summed E-state index contributed by atoms with van der Waals surface area (Å²) in [4.78, 5) is 10.4. The molecule has 0 radical (unpaired) electrons. The second-order valence-corrected chi connectivity index (χ2v) is 3.04. The van der Waals surface area contributed by atoms with Crippen LogP contribution < -0.4 is 5.73 Å². The van der Waals surface area contributed by atoms with Crippen LogP contribution in [0.15, 0.2) is 16.5 Å². The Morgan fingerprint density at radius 3 is 2.69 bits per heavy atom. The smallest absolute Gasteiger partial charge is 0.371 e. The Balaban J connectivity index is 2.98. The summed E-state index contributed by atoms with van der Waals surface area (Å²) in [6, 6.07) is 2.75. The summed E-state index contributed by atoms with van der Waals surface area (Å²) in [5.41, 5.74) is 4.58. The standard InChI is InChI=1S/C8H11NO4/c1-8(9,4-10)6-3-2-5(13-6)7(11)12/h2-3,10H,4,9H2,1H3,(H,11,12). The van der Waals surface area contributed by atoms with Crippen molar-refractivity contribution < 1.29 is 19.4 Å². The summed E-state index contributed by atoms with van der Waals surface area (Å²) in [6.45, 7) is 1.25. The summed E-state index contributed by atoms with van der Waals surface area (Å²) in [6.07, 6.45) is 0. The van der Waals surface area contributed by atoms with Crippen LogP contribution in [0, 0.1) is 0 Å². The van der Waals surface area contributed by atoms with E-state index in [2.05, 4.69) is 0 Å². The summed E-state index contributed by atoms with van der Waals surface area (Å²) >= 11 is 0. The molecule has 5 heteroatoms. The zero-order chi connectivity index (χ0) is 10.1. The molecule has 0 bridgehead atoms. The molecule has 0 fully saturated rings. The Labute approximate surface area is 74.8 Å². The molecule has 1 aromatic rings. The molecule has 13 heavy (non-hydrogen) atoms. The van der Waals surface area contributed by atoms with E-state index in [0.29, 0.717) is 0 Å². The SMILES string of the molecule is CC(N)(CO)c1ccc(C(=O)O)o1. The van der Waals surface area contributed by atoms with Gasteiger partial charge < -0.3 is 20.4 Å². The van der Waals surface area contributed by atoms with Gasteiger partial charge in [0, 0.05) is 0 Å². The Kier molecular flexibility index (Phi) is 2.40. The topological polar surface area (TPSA) is 96.7 Å². The second-order valence-electron chi connectivity index (χ2n) is 3.04. The molecule has 1 unspecified atom stereocenters. The van der Waals surface area contributed by atoms with E-state index in [1.807, 2.05) is 0 Å². The molecule has 0 saturated heterocycles. The zero-order valence-electron chi connectivity index (χ0n) is 7.15. The molecule has 0 aromatic carbocycles.